The summed E-state index contributed by atoms with van der Waals surface area (Å²) < 4.78 is 0. The largest absolute Gasteiger partial charge is 0.346 e. The van der Waals surface area contributed by atoms with Crippen molar-refractivity contribution in [3.63, 3.8) is 0 Å². The molecule has 0 fully saturated rings. The van der Waals surface area contributed by atoms with E-state index in [1.165, 1.54) is 5.56 Å². The van der Waals surface area contributed by atoms with E-state index in [1.807, 2.05) is 42.5 Å². The molecule has 0 saturated carbocycles. The molecule has 0 aliphatic rings. The van der Waals surface area contributed by atoms with Gasteiger partial charge in [0, 0.05) is 18.1 Å². The molecule has 5 heteroatoms. The van der Waals surface area contributed by atoms with E-state index in [-0.39, 0.29) is 11.3 Å². The SMILES string of the molecule is CC(C)(C)c1ccccc1Nc1ccc(C(=O)NCc2ccccn2)cn1. The van der Waals surface area contributed by atoms with Gasteiger partial charge in [-0.15, -0.1) is 0 Å². The number of hydrogen-bond acceptors (Lipinski definition) is 4. The number of carbonyl (C=O) groups is 1. The molecular weight excluding hydrogens is 336 g/mol. The number of pyridine rings is 2. The van der Waals surface area contributed by atoms with Gasteiger partial charge in [-0.2, -0.15) is 0 Å². The van der Waals surface area contributed by atoms with Crippen molar-refractivity contribution in [3.05, 3.63) is 83.8 Å². The van der Waals surface area contributed by atoms with Crippen molar-refractivity contribution in [1.29, 1.82) is 0 Å². The highest BCUT2D eigenvalue weighted by molar-refractivity contribution is 5.94. The first kappa shape index (κ1) is 18.6. The highest BCUT2D eigenvalue weighted by Crippen LogP contribution is 2.30. The summed E-state index contributed by atoms with van der Waals surface area (Å²) >= 11 is 0. The predicted octanol–water partition coefficient (Wildman–Crippen LogP) is 4.45. The molecule has 138 valence electrons. The number of hydrogen-bond donors (Lipinski definition) is 2. The zero-order valence-electron chi connectivity index (χ0n) is 15.9. The minimum absolute atomic E-state index is 0.0227. The molecule has 0 aliphatic carbocycles. The Labute approximate surface area is 159 Å². The number of benzene rings is 1. The Hall–Kier alpha value is -3.21. The first-order valence-corrected chi connectivity index (χ1v) is 8.94. The Bertz CT molecular complexity index is 900. The van der Waals surface area contributed by atoms with Gasteiger partial charge < -0.3 is 10.6 Å². The van der Waals surface area contributed by atoms with Crippen LogP contribution >= 0.6 is 0 Å². The molecule has 1 amide bonds. The first-order chi connectivity index (χ1) is 12.9. The van der Waals surface area contributed by atoms with Crippen LogP contribution in [-0.2, 0) is 12.0 Å². The van der Waals surface area contributed by atoms with Gasteiger partial charge in [-0.3, -0.25) is 9.78 Å². The van der Waals surface area contributed by atoms with Crippen molar-refractivity contribution in [1.82, 2.24) is 15.3 Å². The van der Waals surface area contributed by atoms with Crippen molar-refractivity contribution in [3.8, 4) is 0 Å². The third-order valence-electron chi connectivity index (χ3n) is 4.18. The maximum atomic E-state index is 12.3. The molecule has 3 aromatic rings. The fourth-order valence-electron chi connectivity index (χ4n) is 2.76. The van der Waals surface area contributed by atoms with E-state index in [1.54, 1.807) is 18.5 Å². The summed E-state index contributed by atoms with van der Waals surface area (Å²) in [4.78, 5) is 20.9. The normalized spacial score (nSPS) is 11.1. The van der Waals surface area contributed by atoms with Crippen LogP contribution < -0.4 is 10.6 Å². The third-order valence-corrected chi connectivity index (χ3v) is 4.18. The number of carbonyl (C=O) groups excluding carboxylic acids is 1. The molecule has 27 heavy (non-hydrogen) atoms. The van der Waals surface area contributed by atoms with Gasteiger partial charge in [0.2, 0.25) is 0 Å². The standard InChI is InChI=1S/C22H24N4O/c1-22(2,3)18-9-4-5-10-19(18)26-20-12-11-16(14-24-20)21(27)25-15-17-8-6-7-13-23-17/h4-14H,15H2,1-3H3,(H,24,26)(H,25,27). The molecule has 0 radical (unpaired) electrons. The Morgan fingerprint density at radius 3 is 2.41 bits per heavy atom. The monoisotopic (exact) mass is 360 g/mol. The van der Waals surface area contributed by atoms with Crippen molar-refractivity contribution < 1.29 is 4.79 Å². The minimum atomic E-state index is -0.171. The smallest absolute Gasteiger partial charge is 0.253 e. The lowest BCUT2D eigenvalue weighted by molar-refractivity contribution is 0.0950. The average Bonchev–Trinajstić information content (AvgIpc) is 2.67. The molecule has 2 N–H and O–H groups in total. The van der Waals surface area contributed by atoms with E-state index in [4.69, 9.17) is 0 Å². The third kappa shape index (κ3) is 4.91. The van der Waals surface area contributed by atoms with Crippen LogP contribution in [0.1, 0.15) is 42.4 Å². The maximum absolute atomic E-state index is 12.3. The molecule has 2 aromatic heterocycles. The summed E-state index contributed by atoms with van der Waals surface area (Å²) in [6.45, 7) is 6.92. The van der Waals surface area contributed by atoms with Crippen LogP contribution in [0.2, 0.25) is 0 Å². The van der Waals surface area contributed by atoms with E-state index in [0.29, 0.717) is 17.9 Å². The number of nitrogens with one attached hydrogen (secondary N) is 2. The topological polar surface area (TPSA) is 66.9 Å². The quantitative estimate of drug-likeness (QED) is 0.705. The second-order valence-corrected chi connectivity index (χ2v) is 7.36. The summed E-state index contributed by atoms with van der Waals surface area (Å²) in [5, 5.41) is 6.20. The van der Waals surface area contributed by atoms with Gasteiger partial charge in [0.15, 0.2) is 0 Å². The Morgan fingerprint density at radius 2 is 1.74 bits per heavy atom. The number of rotatable bonds is 5. The lowest BCUT2D eigenvalue weighted by Gasteiger charge is -2.23. The maximum Gasteiger partial charge on any atom is 0.253 e. The van der Waals surface area contributed by atoms with E-state index >= 15 is 0 Å². The number of para-hydroxylation sites is 1. The molecule has 0 spiro atoms. The Balaban J connectivity index is 1.66. The summed E-state index contributed by atoms with van der Waals surface area (Å²) in [7, 11) is 0. The molecular formula is C22H24N4O. The van der Waals surface area contributed by atoms with Crippen molar-refractivity contribution in [2.45, 2.75) is 32.7 Å². The van der Waals surface area contributed by atoms with Gasteiger partial charge in [0.05, 0.1) is 17.8 Å². The van der Waals surface area contributed by atoms with Gasteiger partial charge >= 0.3 is 0 Å². The second kappa shape index (κ2) is 7.99. The van der Waals surface area contributed by atoms with Gasteiger partial charge in [0.25, 0.3) is 5.91 Å². The van der Waals surface area contributed by atoms with Crippen molar-refractivity contribution >= 4 is 17.4 Å². The number of nitrogens with zero attached hydrogens (tertiary/aromatic N) is 2. The number of anilines is 2. The first-order valence-electron chi connectivity index (χ1n) is 8.94. The van der Waals surface area contributed by atoms with E-state index in [0.717, 1.165) is 11.4 Å². The van der Waals surface area contributed by atoms with E-state index < -0.39 is 0 Å². The number of amides is 1. The Kier molecular flexibility index (Phi) is 5.50. The highest BCUT2D eigenvalue weighted by Gasteiger charge is 2.17. The van der Waals surface area contributed by atoms with Gasteiger partial charge in [-0.05, 0) is 41.3 Å². The highest BCUT2D eigenvalue weighted by atomic mass is 16.1. The average molecular weight is 360 g/mol. The zero-order valence-corrected chi connectivity index (χ0v) is 15.9. The minimum Gasteiger partial charge on any atom is -0.346 e. The summed E-state index contributed by atoms with van der Waals surface area (Å²) in [5.41, 5.74) is 3.58. The van der Waals surface area contributed by atoms with Crippen LogP contribution in [0.4, 0.5) is 11.5 Å². The molecule has 1 aromatic carbocycles. The lowest BCUT2D eigenvalue weighted by atomic mass is 9.86. The summed E-state index contributed by atoms with van der Waals surface area (Å²) in [5.74, 6) is 0.530. The van der Waals surface area contributed by atoms with E-state index in [2.05, 4.69) is 47.4 Å². The zero-order chi connectivity index (χ0) is 19.3. The molecule has 0 unspecified atom stereocenters. The van der Waals surface area contributed by atoms with Crippen LogP contribution in [0.15, 0.2) is 67.0 Å². The fourth-order valence-corrected chi connectivity index (χ4v) is 2.76. The molecule has 3 rings (SSSR count). The van der Waals surface area contributed by atoms with Crippen LogP contribution in [-0.4, -0.2) is 15.9 Å². The second-order valence-electron chi connectivity index (χ2n) is 7.36. The van der Waals surface area contributed by atoms with Crippen LogP contribution in [0.3, 0.4) is 0 Å². The number of aromatic nitrogens is 2. The molecule has 5 nitrogen and oxygen atoms in total. The van der Waals surface area contributed by atoms with Crippen LogP contribution in [0, 0.1) is 0 Å². The fraction of sp³-hybridized carbons (Fsp3) is 0.227. The predicted molar refractivity (Wildman–Crippen MR) is 108 cm³/mol. The summed E-state index contributed by atoms with van der Waals surface area (Å²) in [6.07, 6.45) is 3.29. The lowest BCUT2D eigenvalue weighted by Crippen LogP contribution is -2.23. The molecule has 0 bridgehead atoms. The van der Waals surface area contributed by atoms with Crippen molar-refractivity contribution in [2.24, 2.45) is 0 Å². The molecule has 0 aliphatic heterocycles. The van der Waals surface area contributed by atoms with Gasteiger partial charge in [0.1, 0.15) is 5.82 Å². The van der Waals surface area contributed by atoms with Gasteiger partial charge in [-0.1, -0.05) is 45.0 Å². The van der Waals surface area contributed by atoms with Crippen LogP contribution in [0.5, 0.6) is 0 Å². The summed E-state index contributed by atoms with van der Waals surface area (Å²) in [6, 6.07) is 17.4. The molecule has 0 atom stereocenters. The Morgan fingerprint density at radius 1 is 0.963 bits per heavy atom. The molecule has 0 saturated heterocycles. The van der Waals surface area contributed by atoms with Crippen LogP contribution in [0.25, 0.3) is 0 Å². The molecule has 2 heterocycles. The van der Waals surface area contributed by atoms with Crippen molar-refractivity contribution in [2.75, 3.05) is 5.32 Å². The van der Waals surface area contributed by atoms with Gasteiger partial charge in [-0.25, -0.2) is 4.98 Å². The van der Waals surface area contributed by atoms with E-state index in [9.17, 15) is 4.79 Å².